The van der Waals surface area contributed by atoms with E-state index in [9.17, 15) is 13.2 Å². The van der Waals surface area contributed by atoms with Gasteiger partial charge in [-0.25, -0.2) is 13.2 Å². The average Bonchev–Trinajstić information content (AvgIpc) is 2.15. The number of carbonyl (C=O) groups is 1. The Balaban J connectivity index is 3.52. The minimum absolute atomic E-state index is 0.137. The summed E-state index contributed by atoms with van der Waals surface area (Å²) in [6.07, 6.45) is 4.92. The summed E-state index contributed by atoms with van der Waals surface area (Å²) in [4.78, 5) is 10.5. The van der Waals surface area contributed by atoms with Crippen LogP contribution in [0.2, 0.25) is 10.0 Å². The summed E-state index contributed by atoms with van der Waals surface area (Å²) >= 11 is 11.3. The van der Waals surface area contributed by atoms with Crippen molar-refractivity contribution in [2.24, 2.45) is 0 Å². The maximum Gasteiger partial charge on any atom is 0.337 e. The number of terminal acetylenes is 1. The third-order valence-corrected chi connectivity index (χ3v) is 4.15. The third-order valence-electron chi connectivity index (χ3n) is 1.86. The van der Waals surface area contributed by atoms with Gasteiger partial charge in [-0.15, -0.1) is 6.42 Å². The molecule has 1 N–H and O–H groups in total. The molecule has 0 saturated carbocycles. The van der Waals surface area contributed by atoms with Crippen molar-refractivity contribution >= 4 is 39.0 Å². The molecule has 0 saturated heterocycles. The summed E-state index contributed by atoms with van der Waals surface area (Å²) < 4.78 is 23.4. The average molecular weight is 293 g/mol. The molecule has 0 radical (unpaired) electrons. The topological polar surface area (TPSA) is 71.4 Å². The zero-order valence-electron chi connectivity index (χ0n) is 8.28. The van der Waals surface area contributed by atoms with E-state index in [0.29, 0.717) is 0 Å². The van der Waals surface area contributed by atoms with E-state index < -0.39 is 21.6 Å². The lowest BCUT2D eigenvalue weighted by atomic mass is 10.2. The fourth-order valence-corrected chi connectivity index (χ4v) is 2.96. The number of halogens is 2. The first-order valence-electron chi connectivity index (χ1n) is 4.18. The lowest BCUT2D eigenvalue weighted by Crippen LogP contribution is -2.08. The maximum absolute atomic E-state index is 11.7. The van der Waals surface area contributed by atoms with Gasteiger partial charge in [-0.2, -0.15) is 0 Å². The largest absolute Gasteiger partial charge is 0.478 e. The summed E-state index contributed by atoms with van der Waals surface area (Å²) in [6, 6.07) is 1.97. The van der Waals surface area contributed by atoms with E-state index in [2.05, 4.69) is 0 Å². The highest BCUT2D eigenvalue weighted by Gasteiger charge is 2.21. The van der Waals surface area contributed by atoms with Crippen LogP contribution in [0.5, 0.6) is 0 Å². The molecule has 1 rings (SSSR count). The Morgan fingerprint density at radius 2 is 1.94 bits per heavy atom. The second kappa shape index (κ2) is 4.96. The van der Waals surface area contributed by atoms with Crippen molar-refractivity contribution in [3.63, 3.8) is 0 Å². The van der Waals surface area contributed by atoms with Crippen LogP contribution in [0.3, 0.4) is 0 Å². The second-order valence-electron chi connectivity index (χ2n) is 3.03. The van der Waals surface area contributed by atoms with Crippen molar-refractivity contribution in [1.82, 2.24) is 0 Å². The Morgan fingerprint density at radius 1 is 1.35 bits per heavy atom. The third kappa shape index (κ3) is 2.91. The molecule has 0 aliphatic rings. The lowest BCUT2D eigenvalue weighted by Gasteiger charge is -2.06. The Labute approximate surface area is 108 Å². The summed E-state index contributed by atoms with van der Waals surface area (Å²) in [6.45, 7) is 0. The van der Waals surface area contributed by atoms with Gasteiger partial charge in [-0.05, 0) is 12.1 Å². The van der Waals surface area contributed by atoms with Gasteiger partial charge >= 0.3 is 5.97 Å². The van der Waals surface area contributed by atoms with Gasteiger partial charge in [-0.3, -0.25) is 0 Å². The van der Waals surface area contributed by atoms with Crippen LogP contribution in [0.4, 0.5) is 0 Å². The van der Waals surface area contributed by atoms with E-state index in [1.165, 1.54) is 0 Å². The lowest BCUT2D eigenvalue weighted by molar-refractivity contribution is 0.0697. The van der Waals surface area contributed by atoms with Crippen LogP contribution in [0.25, 0.3) is 0 Å². The molecular formula is C10H6Cl2O4S. The first-order valence-corrected chi connectivity index (χ1v) is 6.59. The number of hydrogen-bond acceptors (Lipinski definition) is 3. The molecule has 0 amide bonds. The van der Waals surface area contributed by atoms with Gasteiger partial charge in [0.2, 0.25) is 0 Å². The standard InChI is InChI=1S/C10H6Cl2O4S/c1-2-3-17(15,16)9-4-6(10(13)14)7(11)5-8(9)12/h1,4-5H,3H2,(H,13,14). The monoisotopic (exact) mass is 292 g/mol. The predicted octanol–water partition coefficient (Wildman–Crippen LogP) is 2.10. The highest BCUT2D eigenvalue weighted by molar-refractivity contribution is 7.91. The molecule has 0 bridgehead atoms. The second-order valence-corrected chi connectivity index (χ2v) is 5.80. The van der Waals surface area contributed by atoms with Gasteiger partial charge in [0.15, 0.2) is 9.84 Å². The van der Waals surface area contributed by atoms with Gasteiger partial charge in [0.25, 0.3) is 0 Å². The maximum atomic E-state index is 11.7. The SMILES string of the molecule is C#CCS(=O)(=O)c1cc(C(=O)O)c(Cl)cc1Cl. The number of rotatable bonds is 3. The molecule has 1 aromatic rings. The van der Waals surface area contributed by atoms with Gasteiger partial charge in [0, 0.05) is 0 Å². The van der Waals surface area contributed by atoms with Gasteiger partial charge < -0.3 is 5.11 Å². The van der Waals surface area contributed by atoms with Crippen molar-refractivity contribution < 1.29 is 18.3 Å². The van der Waals surface area contributed by atoms with Crippen LogP contribution in [-0.2, 0) is 9.84 Å². The predicted molar refractivity (Wildman–Crippen MR) is 64.3 cm³/mol. The summed E-state index contributed by atoms with van der Waals surface area (Å²) in [7, 11) is -3.80. The first-order chi connectivity index (χ1) is 7.79. The molecule has 7 heteroatoms. The van der Waals surface area contributed by atoms with Crippen LogP contribution >= 0.6 is 23.2 Å². The number of carboxylic acid groups (broad SMARTS) is 1. The van der Waals surface area contributed by atoms with E-state index in [1.807, 2.05) is 5.92 Å². The number of hydrogen-bond donors (Lipinski definition) is 1. The molecule has 0 atom stereocenters. The molecular weight excluding hydrogens is 287 g/mol. The molecule has 4 nitrogen and oxygen atoms in total. The minimum Gasteiger partial charge on any atom is -0.478 e. The molecule has 0 fully saturated rings. The fourth-order valence-electron chi connectivity index (χ4n) is 1.12. The molecule has 0 unspecified atom stereocenters. The van der Waals surface area contributed by atoms with Crippen molar-refractivity contribution in [2.75, 3.05) is 5.75 Å². The summed E-state index contributed by atoms with van der Waals surface area (Å²) in [5.74, 6) is 0.0642. The molecule has 17 heavy (non-hydrogen) atoms. The Morgan fingerprint density at radius 3 is 2.41 bits per heavy atom. The molecule has 0 spiro atoms. The number of benzene rings is 1. The Bertz CT molecular complexity index is 614. The minimum atomic E-state index is -3.80. The van der Waals surface area contributed by atoms with Crippen molar-refractivity contribution in [3.8, 4) is 12.3 Å². The van der Waals surface area contributed by atoms with Crippen molar-refractivity contribution in [3.05, 3.63) is 27.7 Å². The zero-order valence-corrected chi connectivity index (χ0v) is 10.6. The number of aromatic carboxylic acids is 1. The van der Waals surface area contributed by atoms with Gasteiger partial charge in [-0.1, -0.05) is 29.1 Å². The van der Waals surface area contributed by atoms with Crippen LogP contribution in [-0.4, -0.2) is 25.2 Å². The highest BCUT2D eigenvalue weighted by atomic mass is 35.5. The van der Waals surface area contributed by atoms with E-state index in [0.717, 1.165) is 12.1 Å². The fraction of sp³-hybridized carbons (Fsp3) is 0.100. The van der Waals surface area contributed by atoms with E-state index >= 15 is 0 Å². The van der Waals surface area contributed by atoms with Gasteiger partial charge in [0.1, 0.15) is 5.75 Å². The molecule has 0 heterocycles. The van der Waals surface area contributed by atoms with Crippen LogP contribution < -0.4 is 0 Å². The summed E-state index contributed by atoms with van der Waals surface area (Å²) in [5, 5.41) is 8.52. The van der Waals surface area contributed by atoms with E-state index in [1.54, 1.807) is 0 Å². The first kappa shape index (κ1) is 13.8. The normalized spacial score (nSPS) is 10.9. The van der Waals surface area contributed by atoms with Gasteiger partial charge in [0.05, 0.1) is 20.5 Å². The van der Waals surface area contributed by atoms with E-state index in [-0.39, 0.29) is 20.5 Å². The Hall–Kier alpha value is -1.22. The number of carboxylic acids is 1. The van der Waals surface area contributed by atoms with Crippen LogP contribution in [0.1, 0.15) is 10.4 Å². The number of sulfone groups is 1. The van der Waals surface area contributed by atoms with Crippen molar-refractivity contribution in [2.45, 2.75) is 4.90 Å². The van der Waals surface area contributed by atoms with E-state index in [4.69, 9.17) is 34.7 Å². The molecule has 0 aliphatic carbocycles. The Kier molecular flexibility index (Phi) is 4.04. The summed E-state index contributed by atoms with van der Waals surface area (Å²) in [5.41, 5.74) is -0.341. The molecule has 1 aromatic carbocycles. The molecule has 90 valence electrons. The zero-order chi connectivity index (χ0) is 13.2. The van der Waals surface area contributed by atoms with Crippen LogP contribution in [0, 0.1) is 12.3 Å². The van der Waals surface area contributed by atoms with Crippen molar-refractivity contribution in [1.29, 1.82) is 0 Å². The smallest absolute Gasteiger partial charge is 0.337 e. The molecule has 0 aromatic heterocycles. The molecule has 0 aliphatic heterocycles. The highest BCUT2D eigenvalue weighted by Crippen LogP contribution is 2.29. The quantitative estimate of drug-likeness (QED) is 0.866. The van der Waals surface area contributed by atoms with Crippen LogP contribution in [0.15, 0.2) is 17.0 Å².